The zero-order valence-corrected chi connectivity index (χ0v) is 19.2. The van der Waals surface area contributed by atoms with Crippen molar-refractivity contribution >= 4 is 40.9 Å². The van der Waals surface area contributed by atoms with Gasteiger partial charge in [0, 0.05) is 4.88 Å². The van der Waals surface area contributed by atoms with Gasteiger partial charge in [-0.2, -0.15) is 0 Å². The molecule has 2 aromatic heterocycles. The molecule has 0 saturated heterocycles. The SMILES string of the molecule is CCCc1sc(C(=O)OCC(=O)Nc2oc(C)c(C(C)=O)c2C(=O)OCC)cc1CC. The Morgan fingerprint density at radius 2 is 1.77 bits per heavy atom. The number of Topliss-reactive ketones (excluding diaryl/α,β-unsaturated/α-hetero) is 1. The maximum atomic E-state index is 12.4. The molecule has 168 valence electrons. The number of nitrogens with one attached hydrogen (secondary N) is 1. The van der Waals surface area contributed by atoms with Gasteiger partial charge in [-0.05, 0) is 45.2 Å². The number of rotatable bonds is 10. The Balaban J connectivity index is 2.11. The van der Waals surface area contributed by atoms with Crippen LogP contribution in [0.5, 0.6) is 0 Å². The van der Waals surface area contributed by atoms with Crippen LogP contribution >= 0.6 is 11.3 Å². The summed E-state index contributed by atoms with van der Waals surface area (Å²) in [4.78, 5) is 50.5. The Labute approximate surface area is 184 Å². The van der Waals surface area contributed by atoms with Crippen molar-refractivity contribution in [1.82, 2.24) is 0 Å². The van der Waals surface area contributed by atoms with E-state index in [9.17, 15) is 19.2 Å². The number of ether oxygens (including phenoxy) is 2. The second-order valence-corrected chi connectivity index (χ2v) is 7.94. The van der Waals surface area contributed by atoms with Gasteiger partial charge in [0.2, 0.25) is 5.88 Å². The van der Waals surface area contributed by atoms with Crippen molar-refractivity contribution in [3.63, 3.8) is 0 Å². The van der Waals surface area contributed by atoms with Crippen LogP contribution in [0.2, 0.25) is 0 Å². The summed E-state index contributed by atoms with van der Waals surface area (Å²) >= 11 is 1.37. The molecular weight excluding hydrogens is 422 g/mol. The molecular formula is C22H27NO7S. The Kier molecular flexibility index (Phi) is 8.56. The first-order valence-electron chi connectivity index (χ1n) is 10.1. The minimum absolute atomic E-state index is 0.0416. The highest BCUT2D eigenvalue weighted by Gasteiger charge is 2.29. The van der Waals surface area contributed by atoms with Gasteiger partial charge < -0.3 is 13.9 Å². The lowest BCUT2D eigenvalue weighted by atomic mass is 10.1. The number of aryl methyl sites for hydroxylation is 3. The van der Waals surface area contributed by atoms with Crippen LogP contribution < -0.4 is 5.32 Å². The highest BCUT2D eigenvalue weighted by Crippen LogP contribution is 2.29. The first kappa shape index (κ1) is 24.3. The highest BCUT2D eigenvalue weighted by atomic mass is 32.1. The molecule has 0 fully saturated rings. The normalized spacial score (nSPS) is 10.6. The van der Waals surface area contributed by atoms with Crippen molar-refractivity contribution in [1.29, 1.82) is 0 Å². The van der Waals surface area contributed by atoms with Crippen molar-refractivity contribution in [2.24, 2.45) is 0 Å². The zero-order chi connectivity index (χ0) is 23.1. The molecule has 1 amide bonds. The van der Waals surface area contributed by atoms with E-state index in [2.05, 4.69) is 12.2 Å². The molecule has 0 radical (unpaired) electrons. The van der Waals surface area contributed by atoms with Gasteiger partial charge in [-0.3, -0.25) is 14.9 Å². The molecule has 0 bridgehead atoms. The average Bonchev–Trinajstić information content (AvgIpc) is 3.27. The van der Waals surface area contributed by atoms with E-state index in [1.807, 2.05) is 6.92 Å². The minimum atomic E-state index is -0.786. The Morgan fingerprint density at radius 1 is 1.06 bits per heavy atom. The first-order chi connectivity index (χ1) is 14.7. The molecule has 1 N–H and O–H groups in total. The lowest BCUT2D eigenvalue weighted by Gasteiger charge is -2.06. The second kappa shape index (κ2) is 10.9. The molecule has 0 atom stereocenters. The van der Waals surface area contributed by atoms with Crippen molar-refractivity contribution in [2.75, 3.05) is 18.5 Å². The number of amides is 1. The quantitative estimate of drug-likeness (QED) is 0.424. The molecule has 31 heavy (non-hydrogen) atoms. The van der Waals surface area contributed by atoms with Crippen LogP contribution in [0.1, 0.15) is 80.7 Å². The fraction of sp³-hybridized carbons (Fsp3) is 0.455. The zero-order valence-electron chi connectivity index (χ0n) is 18.4. The Bertz CT molecular complexity index is 986. The van der Waals surface area contributed by atoms with E-state index in [1.54, 1.807) is 13.0 Å². The summed E-state index contributed by atoms with van der Waals surface area (Å²) in [7, 11) is 0. The van der Waals surface area contributed by atoms with Crippen LogP contribution in [0.3, 0.4) is 0 Å². The number of thiophene rings is 1. The first-order valence-corrected chi connectivity index (χ1v) is 10.9. The van der Waals surface area contributed by atoms with E-state index in [0.717, 1.165) is 29.7 Å². The van der Waals surface area contributed by atoms with Gasteiger partial charge in [0.15, 0.2) is 12.4 Å². The summed E-state index contributed by atoms with van der Waals surface area (Å²) in [5, 5.41) is 2.39. The van der Waals surface area contributed by atoms with Gasteiger partial charge in [0.05, 0.1) is 12.2 Å². The molecule has 0 aliphatic carbocycles. The third kappa shape index (κ3) is 5.81. The standard InChI is InChI=1S/C22H27NO7S/c1-6-9-15-14(7-2)10-16(31-15)21(26)29-11-17(25)23-20-19(22(27)28-8-3)18(12(4)24)13(5)30-20/h10H,6-9,11H2,1-5H3,(H,23,25). The fourth-order valence-electron chi connectivity index (χ4n) is 3.12. The molecule has 9 heteroatoms. The van der Waals surface area contributed by atoms with Crippen molar-refractivity contribution in [2.45, 2.75) is 53.9 Å². The molecule has 0 spiro atoms. The van der Waals surface area contributed by atoms with Gasteiger partial charge >= 0.3 is 11.9 Å². The average molecular weight is 450 g/mol. The Hall–Kier alpha value is -2.94. The summed E-state index contributed by atoms with van der Waals surface area (Å²) < 4.78 is 15.5. The van der Waals surface area contributed by atoms with E-state index >= 15 is 0 Å². The topological polar surface area (TPSA) is 112 Å². The van der Waals surface area contributed by atoms with Crippen LogP contribution in [0, 0.1) is 6.92 Å². The molecule has 2 heterocycles. The molecule has 0 saturated carbocycles. The number of anilines is 1. The van der Waals surface area contributed by atoms with E-state index in [-0.39, 0.29) is 29.4 Å². The Morgan fingerprint density at radius 3 is 2.35 bits per heavy atom. The summed E-state index contributed by atoms with van der Waals surface area (Å²) in [6.45, 7) is 8.02. The lowest BCUT2D eigenvalue weighted by molar-refractivity contribution is -0.119. The maximum Gasteiger partial charge on any atom is 0.348 e. The number of carbonyl (C=O) groups is 4. The minimum Gasteiger partial charge on any atom is -0.462 e. The van der Waals surface area contributed by atoms with Gasteiger partial charge in [-0.15, -0.1) is 11.3 Å². The number of esters is 2. The molecule has 0 aliphatic rings. The molecule has 2 rings (SSSR count). The number of hydrogen-bond donors (Lipinski definition) is 1. The summed E-state index contributed by atoms with van der Waals surface area (Å²) in [5.74, 6) is -2.52. The van der Waals surface area contributed by atoms with E-state index in [4.69, 9.17) is 13.9 Å². The molecule has 2 aromatic rings. The van der Waals surface area contributed by atoms with Gasteiger partial charge in [-0.25, -0.2) is 9.59 Å². The van der Waals surface area contributed by atoms with E-state index in [1.165, 1.54) is 25.2 Å². The summed E-state index contributed by atoms with van der Waals surface area (Å²) in [5.41, 5.74) is 0.992. The largest absolute Gasteiger partial charge is 0.462 e. The lowest BCUT2D eigenvalue weighted by Crippen LogP contribution is -2.22. The molecule has 8 nitrogen and oxygen atoms in total. The third-order valence-electron chi connectivity index (χ3n) is 4.46. The number of carbonyl (C=O) groups excluding carboxylic acids is 4. The van der Waals surface area contributed by atoms with Gasteiger partial charge in [-0.1, -0.05) is 20.3 Å². The van der Waals surface area contributed by atoms with Crippen LogP contribution in [0.15, 0.2) is 10.5 Å². The van der Waals surface area contributed by atoms with E-state index in [0.29, 0.717) is 4.88 Å². The van der Waals surface area contributed by atoms with Crippen molar-refractivity contribution in [3.8, 4) is 0 Å². The smallest absolute Gasteiger partial charge is 0.348 e. The summed E-state index contributed by atoms with van der Waals surface area (Å²) in [6, 6.07) is 1.80. The van der Waals surface area contributed by atoms with Crippen molar-refractivity contribution < 1.29 is 33.1 Å². The molecule has 0 unspecified atom stereocenters. The number of hydrogen-bond acceptors (Lipinski definition) is 8. The van der Waals surface area contributed by atoms with Crippen LogP contribution in [0.4, 0.5) is 5.88 Å². The summed E-state index contributed by atoms with van der Waals surface area (Å²) in [6.07, 6.45) is 2.67. The van der Waals surface area contributed by atoms with Crippen LogP contribution in [0.25, 0.3) is 0 Å². The monoisotopic (exact) mass is 449 g/mol. The highest BCUT2D eigenvalue weighted by molar-refractivity contribution is 7.14. The third-order valence-corrected chi connectivity index (χ3v) is 5.68. The predicted octanol–water partition coefficient (Wildman–Crippen LogP) is 4.34. The molecule has 0 aromatic carbocycles. The van der Waals surface area contributed by atoms with Crippen molar-refractivity contribution in [3.05, 3.63) is 38.3 Å². The predicted molar refractivity (Wildman–Crippen MR) is 116 cm³/mol. The van der Waals surface area contributed by atoms with Crippen LogP contribution in [-0.2, 0) is 27.1 Å². The second-order valence-electron chi connectivity index (χ2n) is 6.80. The van der Waals surface area contributed by atoms with Gasteiger partial charge in [0.1, 0.15) is 16.2 Å². The van der Waals surface area contributed by atoms with Gasteiger partial charge in [0.25, 0.3) is 5.91 Å². The molecule has 0 aliphatic heterocycles. The van der Waals surface area contributed by atoms with Crippen LogP contribution in [-0.4, -0.2) is 36.8 Å². The fourth-order valence-corrected chi connectivity index (χ4v) is 4.37. The maximum absolute atomic E-state index is 12.4. The number of ketones is 1. The van der Waals surface area contributed by atoms with E-state index < -0.39 is 30.2 Å². The number of furan rings is 1.